The third kappa shape index (κ3) is 4.62. The van der Waals surface area contributed by atoms with Crippen molar-refractivity contribution in [1.29, 1.82) is 0 Å². The molecule has 1 aromatic carbocycles. The molecule has 1 saturated carbocycles. The zero-order valence-corrected chi connectivity index (χ0v) is 17.7. The first-order valence-corrected chi connectivity index (χ1v) is 10.8. The molecular weight excluding hydrogens is 398 g/mol. The molecule has 0 unspecified atom stereocenters. The Morgan fingerprint density at radius 2 is 1.90 bits per heavy atom. The van der Waals surface area contributed by atoms with Gasteiger partial charge in [-0.2, -0.15) is 0 Å². The molecular formula is C22H29N5O4. The lowest BCUT2D eigenvalue weighted by Gasteiger charge is -2.45. The number of carbonyl (C=O) groups excluding carboxylic acids is 2. The summed E-state index contributed by atoms with van der Waals surface area (Å²) in [4.78, 5) is 45.1. The summed E-state index contributed by atoms with van der Waals surface area (Å²) >= 11 is 0. The van der Waals surface area contributed by atoms with Crippen molar-refractivity contribution >= 4 is 22.7 Å². The molecule has 2 N–H and O–H groups in total. The molecule has 2 aliphatic rings. The Labute approximate surface area is 180 Å². The van der Waals surface area contributed by atoms with Gasteiger partial charge in [-0.05, 0) is 31.4 Å². The van der Waals surface area contributed by atoms with Gasteiger partial charge in [-0.3, -0.25) is 23.9 Å². The Kier molecular flexibility index (Phi) is 6.33. The molecule has 2 fully saturated rings. The summed E-state index contributed by atoms with van der Waals surface area (Å²) in [5.74, 6) is -0.238. The zero-order chi connectivity index (χ0) is 22.0. The zero-order valence-electron chi connectivity index (χ0n) is 17.7. The highest BCUT2D eigenvalue weighted by Crippen LogP contribution is 2.25. The number of fused-ring (bicyclic) bond motifs is 1. The van der Waals surface area contributed by atoms with Crippen molar-refractivity contribution in [2.24, 2.45) is 0 Å². The molecule has 2 aromatic rings. The van der Waals surface area contributed by atoms with Gasteiger partial charge in [0.1, 0.15) is 6.54 Å². The molecule has 2 heterocycles. The molecule has 9 heteroatoms. The van der Waals surface area contributed by atoms with Crippen LogP contribution in [-0.4, -0.2) is 80.6 Å². The van der Waals surface area contributed by atoms with Gasteiger partial charge in [0.05, 0.1) is 29.4 Å². The van der Waals surface area contributed by atoms with Crippen LogP contribution in [0.5, 0.6) is 0 Å². The molecule has 0 bridgehead atoms. The topological polar surface area (TPSA) is 108 Å². The van der Waals surface area contributed by atoms with Gasteiger partial charge in [0.2, 0.25) is 11.8 Å². The lowest BCUT2D eigenvalue weighted by atomic mass is 9.86. The molecule has 3 atom stereocenters. The predicted octanol–water partition coefficient (Wildman–Crippen LogP) is -0.0412. The number of aliphatic hydroxyl groups is 1. The fourth-order valence-electron chi connectivity index (χ4n) is 4.71. The van der Waals surface area contributed by atoms with Gasteiger partial charge < -0.3 is 15.3 Å². The third-order valence-corrected chi connectivity index (χ3v) is 6.44. The fraction of sp³-hybridized carbons (Fsp3) is 0.545. The van der Waals surface area contributed by atoms with Crippen molar-refractivity contribution in [2.75, 3.05) is 26.2 Å². The van der Waals surface area contributed by atoms with Gasteiger partial charge in [0.15, 0.2) is 0 Å². The van der Waals surface area contributed by atoms with Crippen LogP contribution in [0.4, 0.5) is 0 Å². The van der Waals surface area contributed by atoms with Crippen molar-refractivity contribution < 1.29 is 14.7 Å². The first-order chi connectivity index (χ1) is 14.9. The number of nitrogens with zero attached hydrogens (tertiary/aromatic N) is 4. The van der Waals surface area contributed by atoms with Crippen LogP contribution in [-0.2, 0) is 16.1 Å². The number of benzene rings is 1. The number of piperazine rings is 1. The van der Waals surface area contributed by atoms with Gasteiger partial charge in [-0.25, -0.2) is 4.98 Å². The van der Waals surface area contributed by atoms with E-state index >= 15 is 0 Å². The van der Waals surface area contributed by atoms with Crippen LogP contribution in [0.1, 0.15) is 26.2 Å². The van der Waals surface area contributed by atoms with Crippen molar-refractivity contribution in [1.82, 2.24) is 24.7 Å². The molecule has 0 radical (unpaired) electrons. The fourth-order valence-corrected chi connectivity index (χ4v) is 4.71. The Morgan fingerprint density at radius 1 is 1.16 bits per heavy atom. The molecule has 166 valence electrons. The summed E-state index contributed by atoms with van der Waals surface area (Å²) in [6.45, 7) is 4.20. The average molecular weight is 428 g/mol. The maximum Gasteiger partial charge on any atom is 0.261 e. The number of rotatable bonds is 4. The van der Waals surface area contributed by atoms with E-state index in [1.54, 1.807) is 25.1 Å². The summed E-state index contributed by atoms with van der Waals surface area (Å²) in [5, 5.41) is 14.3. The number of hydrogen-bond donors (Lipinski definition) is 2. The van der Waals surface area contributed by atoms with E-state index < -0.39 is 6.10 Å². The quantitative estimate of drug-likeness (QED) is 0.709. The molecule has 0 spiro atoms. The normalized spacial score (nSPS) is 24.8. The van der Waals surface area contributed by atoms with Crippen molar-refractivity contribution in [3.8, 4) is 0 Å². The second kappa shape index (κ2) is 9.15. The lowest BCUT2D eigenvalue weighted by Crippen LogP contribution is -2.60. The predicted molar refractivity (Wildman–Crippen MR) is 115 cm³/mol. The number of para-hydroxylation sites is 1. The second-order valence-electron chi connectivity index (χ2n) is 8.40. The Morgan fingerprint density at radius 3 is 2.65 bits per heavy atom. The van der Waals surface area contributed by atoms with E-state index in [1.165, 1.54) is 10.9 Å². The minimum Gasteiger partial charge on any atom is -0.389 e. The average Bonchev–Trinajstić information content (AvgIpc) is 2.77. The smallest absolute Gasteiger partial charge is 0.261 e. The molecule has 9 nitrogen and oxygen atoms in total. The Hall–Kier alpha value is -2.78. The van der Waals surface area contributed by atoms with E-state index in [4.69, 9.17) is 0 Å². The Balaban J connectivity index is 1.38. The molecule has 2 amide bonds. The molecule has 1 aliphatic carbocycles. The van der Waals surface area contributed by atoms with Gasteiger partial charge in [0, 0.05) is 39.1 Å². The minimum absolute atomic E-state index is 0.0433. The summed E-state index contributed by atoms with van der Waals surface area (Å²) in [6.07, 6.45) is 3.16. The van der Waals surface area contributed by atoms with Gasteiger partial charge in [-0.1, -0.05) is 12.1 Å². The van der Waals surface area contributed by atoms with Gasteiger partial charge >= 0.3 is 0 Å². The second-order valence-corrected chi connectivity index (χ2v) is 8.40. The van der Waals surface area contributed by atoms with Crippen molar-refractivity contribution in [3.05, 3.63) is 40.9 Å². The van der Waals surface area contributed by atoms with Crippen LogP contribution >= 0.6 is 0 Å². The van der Waals surface area contributed by atoms with Crippen LogP contribution in [0.25, 0.3) is 10.9 Å². The van der Waals surface area contributed by atoms with Crippen LogP contribution in [0.15, 0.2) is 35.4 Å². The maximum absolute atomic E-state index is 12.6. The van der Waals surface area contributed by atoms with Crippen molar-refractivity contribution in [2.45, 2.75) is 50.9 Å². The number of amides is 2. The number of aromatic nitrogens is 2. The molecule has 4 rings (SSSR count). The van der Waals surface area contributed by atoms with Crippen LogP contribution in [0.2, 0.25) is 0 Å². The van der Waals surface area contributed by atoms with E-state index in [0.29, 0.717) is 30.4 Å². The highest BCUT2D eigenvalue weighted by molar-refractivity contribution is 5.79. The van der Waals surface area contributed by atoms with Crippen LogP contribution in [0, 0.1) is 0 Å². The summed E-state index contributed by atoms with van der Waals surface area (Å²) in [6, 6.07) is 6.63. The monoisotopic (exact) mass is 427 g/mol. The van der Waals surface area contributed by atoms with E-state index in [2.05, 4.69) is 15.2 Å². The number of aliphatic hydroxyl groups excluding tert-OH is 1. The van der Waals surface area contributed by atoms with E-state index in [-0.39, 0.29) is 36.0 Å². The van der Waals surface area contributed by atoms with Crippen LogP contribution in [0.3, 0.4) is 0 Å². The molecule has 31 heavy (non-hydrogen) atoms. The number of hydrogen-bond acceptors (Lipinski definition) is 6. The van der Waals surface area contributed by atoms with Gasteiger partial charge in [-0.15, -0.1) is 0 Å². The van der Waals surface area contributed by atoms with Gasteiger partial charge in [0.25, 0.3) is 5.56 Å². The first kappa shape index (κ1) is 21.5. The summed E-state index contributed by atoms with van der Waals surface area (Å²) in [7, 11) is 0. The first-order valence-electron chi connectivity index (χ1n) is 10.8. The maximum atomic E-state index is 12.6. The lowest BCUT2D eigenvalue weighted by molar-refractivity contribution is -0.132. The minimum atomic E-state index is -0.687. The SMILES string of the molecule is CC(=O)N1CCN([C@@H]2CCC[C@@H](NC(=O)Cn3cnc4ccccc4c3=O)[C@H]2O)CC1. The van der Waals surface area contributed by atoms with Crippen molar-refractivity contribution in [3.63, 3.8) is 0 Å². The summed E-state index contributed by atoms with van der Waals surface area (Å²) < 4.78 is 1.30. The molecule has 1 aromatic heterocycles. The van der Waals surface area contributed by atoms with Crippen LogP contribution < -0.4 is 10.9 Å². The standard InChI is InChI=1S/C22H29N5O4/c1-15(28)25-9-11-26(12-10-25)19-8-4-7-18(21(19)30)24-20(29)13-27-14-23-17-6-3-2-5-16(17)22(27)31/h2-3,5-6,14,18-19,21,30H,4,7-13H2,1H3,(H,24,29)/t18-,19-,21-/m1/s1. The molecule has 1 aliphatic heterocycles. The third-order valence-electron chi connectivity index (χ3n) is 6.44. The van der Waals surface area contributed by atoms with E-state index in [1.807, 2.05) is 11.0 Å². The highest BCUT2D eigenvalue weighted by atomic mass is 16.3. The largest absolute Gasteiger partial charge is 0.389 e. The highest BCUT2D eigenvalue weighted by Gasteiger charge is 2.37. The number of nitrogens with one attached hydrogen (secondary N) is 1. The van der Waals surface area contributed by atoms with E-state index in [0.717, 1.165) is 25.9 Å². The Bertz CT molecular complexity index is 1010. The van der Waals surface area contributed by atoms with E-state index in [9.17, 15) is 19.5 Å². The summed E-state index contributed by atoms with van der Waals surface area (Å²) in [5.41, 5.74) is 0.339. The number of carbonyl (C=O) groups is 2. The molecule has 1 saturated heterocycles.